The maximum atomic E-state index is 11.4. The number of rotatable bonds is 5. The lowest BCUT2D eigenvalue weighted by Crippen LogP contribution is -2.09. The number of hydrogen-bond acceptors (Lipinski definition) is 3. The number of carbonyl (C=O) groups excluding carboxylic acids is 2. The summed E-state index contributed by atoms with van der Waals surface area (Å²) in [6.45, 7) is 2.06. The van der Waals surface area contributed by atoms with Gasteiger partial charge in [-0.05, 0) is 25.0 Å². The van der Waals surface area contributed by atoms with Crippen LogP contribution in [0.25, 0.3) is 0 Å². The normalized spacial score (nSPS) is 10.8. The monoisotopic (exact) mass is 222 g/mol. The summed E-state index contributed by atoms with van der Waals surface area (Å²) in [7, 11) is 0. The zero-order chi connectivity index (χ0) is 12.0. The first-order chi connectivity index (χ1) is 7.65. The van der Waals surface area contributed by atoms with Crippen LogP contribution in [0.15, 0.2) is 21.5 Å². The Kier molecular flexibility index (Phi) is 4.44. The number of hydrogen-bond donors (Lipinski definition) is 1. The topological polar surface area (TPSA) is 85.7 Å². The SMILES string of the molecule is CCCCC=NC(=O)c1ccc(C(N)=O)o1. The summed E-state index contributed by atoms with van der Waals surface area (Å²) >= 11 is 0. The van der Waals surface area contributed by atoms with Crippen LogP contribution in [0.1, 0.15) is 47.3 Å². The van der Waals surface area contributed by atoms with Crippen molar-refractivity contribution >= 4 is 18.0 Å². The summed E-state index contributed by atoms with van der Waals surface area (Å²) in [5.74, 6) is -1.20. The average Bonchev–Trinajstić information content (AvgIpc) is 2.73. The fourth-order valence-corrected chi connectivity index (χ4v) is 1.09. The van der Waals surface area contributed by atoms with E-state index in [1.807, 2.05) is 0 Å². The van der Waals surface area contributed by atoms with Gasteiger partial charge in [0.1, 0.15) is 0 Å². The highest BCUT2D eigenvalue weighted by Gasteiger charge is 2.12. The molecule has 0 aliphatic heterocycles. The Hall–Kier alpha value is -1.91. The first-order valence-corrected chi connectivity index (χ1v) is 5.11. The van der Waals surface area contributed by atoms with E-state index >= 15 is 0 Å². The van der Waals surface area contributed by atoms with Crippen LogP contribution < -0.4 is 5.73 Å². The van der Waals surface area contributed by atoms with Gasteiger partial charge in [-0.3, -0.25) is 9.59 Å². The molecule has 0 aliphatic carbocycles. The van der Waals surface area contributed by atoms with Crippen LogP contribution in [-0.4, -0.2) is 18.0 Å². The number of furan rings is 1. The molecule has 0 radical (unpaired) electrons. The van der Waals surface area contributed by atoms with Gasteiger partial charge in [0.05, 0.1) is 0 Å². The summed E-state index contributed by atoms with van der Waals surface area (Å²) in [6.07, 6.45) is 4.35. The molecule has 0 fully saturated rings. The molecule has 1 aromatic heterocycles. The van der Waals surface area contributed by atoms with Crippen molar-refractivity contribution in [3.05, 3.63) is 23.7 Å². The van der Waals surface area contributed by atoms with E-state index in [1.165, 1.54) is 12.1 Å². The van der Waals surface area contributed by atoms with Crippen molar-refractivity contribution in [3.63, 3.8) is 0 Å². The first-order valence-electron chi connectivity index (χ1n) is 5.11. The minimum Gasteiger partial charge on any atom is -0.446 e. The van der Waals surface area contributed by atoms with Gasteiger partial charge in [-0.15, -0.1) is 0 Å². The van der Waals surface area contributed by atoms with Crippen molar-refractivity contribution < 1.29 is 14.0 Å². The van der Waals surface area contributed by atoms with Crippen molar-refractivity contribution in [2.24, 2.45) is 10.7 Å². The fraction of sp³-hybridized carbons (Fsp3) is 0.364. The summed E-state index contributed by atoms with van der Waals surface area (Å²) in [6, 6.07) is 2.75. The highest BCUT2D eigenvalue weighted by Crippen LogP contribution is 2.08. The average molecular weight is 222 g/mol. The Bertz CT molecular complexity index is 407. The molecule has 0 saturated carbocycles. The van der Waals surface area contributed by atoms with Gasteiger partial charge in [-0.25, -0.2) is 4.99 Å². The van der Waals surface area contributed by atoms with E-state index in [-0.39, 0.29) is 11.5 Å². The van der Waals surface area contributed by atoms with E-state index in [9.17, 15) is 9.59 Å². The van der Waals surface area contributed by atoms with E-state index < -0.39 is 11.8 Å². The van der Waals surface area contributed by atoms with Gasteiger partial charge in [-0.2, -0.15) is 0 Å². The molecule has 2 amide bonds. The maximum Gasteiger partial charge on any atom is 0.312 e. The molecule has 0 spiro atoms. The third-order valence-electron chi connectivity index (χ3n) is 1.95. The molecule has 0 bridgehead atoms. The summed E-state index contributed by atoms with van der Waals surface area (Å²) in [5.41, 5.74) is 4.98. The molecular weight excluding hydrogens is 208 g/mol. The molecule has 0 unspecified atom stereocenters. The van der Waals surface area contributed by atoms with E-state index in [1.54, 1.807) is 6.21 Å². The van der Waals surface area contributed by atoms with Crippen LogP contribution in [0, 0.1) is 0 Å². The van der Waals surface area contributed by atoms with Gasteiger partial charge in [0.15, 0.2) is 11.5 Å². The van der Waals surface area contributed by atoms with Crippen LogP contribution in [-0.2, 0) is 0 Å². The Balaban J connectivity index is 2.59. The van der Waals surface area contributed by atoms with E-state index in [0.29, 0.717) is 0 Å². The molecule has 86 valence electrons. The quantitative estimate of drug-likeness (QED) is 0.608. The van der Waals surface area contributed by atoms with Crippen molar-refractivity contribution in [2.75, 3.05) is 0 Å². The third kappa shape index (κ3) is 3.34. The minimum atomic E-state index is -0.700. The molecule has 1 heterocycles. The lowest BCUT2D eigenvalue weighted by Gasteiger charge is -1.90. The van der Waals surface area contributed by atoms with Crippen LogP contribution in [0.4, 0.5) is 0 Å². The van der Waals surface area contributed by atoms with Gasteiger partial charge < -0.3 is 10.2 Å². The van der Waals surface area contributed by atoms with E-state index in [4.69, 9.17) is 10.2 Å². The van der Waals surface area contributed by atoms with Gasteiger partial charge in [0, 0.05) is 6.21 Å². The highest BCUT2D eigenvalue weighted by molar-refractivity contribution is 5.98. The zero-order valence-electron chi connectivity index (χ0n) is 9.10. The highest BCUT2D eigenvalue weighted by atomic mass is 16.4. The predicted octanol–water partition coefficient (Wildman–Crippen LogP) is 1.78. The summed E-state index contributed by atoms with van der Waals surface area (Å²) < 4.78 is 4.93. The number of primary amides is 1. The Morgan fingerprint density at radius 1 is 1.44 bits per heavy atom. The van der Waals surface area contributed by atoms with Crippen molar-refractivity contribution in [2.45, 2.75) is 26.2 Å². The standard InChI is InChI=1S/C11H14N2O3/c1-2-3-4-7-13-11(15)9-6-5-8(16-9)10(12)14/h5-7H,2-4H2,1H3,(H2,12,14). The molecule has 1 aromatic rings. The van der Waals surface area contributed by atoms with Gasteiger partial charge >= 0.3 is 5.91 Å². The largest absolute Gasteiger partial charge is 0.446 e. The fourth-order valence-electron chi connectivity index (χ4n) is 1.09. The van der Waals surface area contributed by atoms with Crippen LogP contribution in [0.3, 0.4) is 0 Å². The van der Waals surface area contributed by atoms with Crippen LogP contribution in [0.2, 0.25) is 0 Å². The molecular formula is C11H14N2O3. The lowest BCUT2D eigenvalue weighted by atomic mass is 10.3. The van der Waals surface area contributed by atoms with Crippen LogP contribution >= 0.6 is 0 Å². The van der Waals surface area contributed by atoms with Crippen molar-refractivity contribution in [1.29, 1.82) is 0 Å². The second-order valence-corrected chi connectivity index (χ2v) is 3.29. The number of amides is 2. The molecule has 0 atom stereocenters. The maximum absolute atomic E-state index is 11.4. The van der Waals surface area contributed by atoms with E-state index in [2.05, 4.69) is 11.9 Å². The number of aliphatic imine (C=N–C) groups is 1. The van der Waals surface area contributed by atoms with E-state index in [0.717, 1.165) is 19.3 Å². The molecule has 0 saturated heterocycles. The molecule has 5 nitrogen and oxygen atoms in total. The molecule has 0 aliphatic rings. The summed E-state index contributed by atoms with van der Waals surface area (Å²) in [4.78, 5) is 25.8. The molecule has 2 N–H and O–H groups in total. The Morgan fingerprint density at radius 3 is 2.69 bits per heavy atom. The number of nitrogens with two attached hydrogens (primary N) is 1. The Morgan fingerprint density at radius 2 is 2.12 bits per heavy atom. The lowest BCUT2D eigenvalue weighted by molar-refractivity contribution is 0.0952. The van der Waals surface area contributed by atoms with Gasteiger partial charge in [-0.1, -0.05) is 13.3 Å². The minimum absolute atomic E-state index is 0.0292. The van der Waals surface area contributed by atoms with Crippen molar-refractivity contribution in [3.8, 4) is 0 Å². The molecule has 16 heavy (non-hydrogen) atoms. The number of carbonyl (C=O) groups is 2. The second-order valence-electron chi connectivity index (χ2n) is 3.29. The third-order valence-corrected chi connectivity index (χ3v) is 1.95. The smallest absolute Gasteiger partial charge is 0.312 e. The van der Waals surface area contributed by atoms with Gasteiger partial charge in [0.25, 0.3) is 5.91 Å². The molecule has 5 heteroatoms. The first kappa shape index (κ1) is 12.2. The molecule has 0 aromatic carbocycles. The Labute approximate surface area is 93.3 Å². The van der Waals surface area contributed by atoms with Gasteiger partial charge in [0.2, 0.25) is 0 Å². The number of unbranched alkanes of at least 4 members (excludes halogenated alkanes) is 2. The second kappa shape index (κ2) is 5.85. The predicted molar refractivity (Wildman–Crippen MR) is 59.6 cm³/mol. The number of nitrogens with zero attached hydrogens (tertiary/aromatic N) is 1. The van der Waals surface area contributed by atoms with Crippen LogP contribution in [0.5, 0.6) is 0 Å². The summed E-state index contributed by atoms with van der Waals surface area (Å²) in [5, 5.41) is 0. The zero-order valence-corrected chi connectivity index (χ0v) is 9.10. The molecule has 1 rings (SSSR count). The van der Waals surface area contributed by atoms with Crippen molar-refractivity contribution in [1.82, 2.24) is 0 Å².